The van der Waals surface area contributed by atoms with E-state index in [9.17, 15) is 37.8 Å². The third-order valence-corrected chi connectivity index (χ3v) is 3.71. The second-order valence-corrected chi connectivity index (χ2v) is 7.09. The summed E-state index contributed by atoms with van der Waals surface area (Å²) in [5, 5.41) is 28.0. The van der Waals surface area contributed by atoms with Crippen molar-refractivity contribution in [3.63, 3.8) is 0 Å². The minimum atomic E-state index is -5.36. The molecule has 4 unspecified atom stereocenters. The van der Waals surface area contributed by atoms with Crippen LogP contribution in [0.1, 0.15) is 0 Å². The van der Waals surface area contributed by atoms with Crippen molar-refractivity contribution in [2.75, 3.05) is 28.4 Å². The van der Waals surface area contributed by atoms with Crippen molar-refractivity contribution in [1.82, 2.24) is 0 Å². The molecule has 0 aliphatic rings. The summed E-state index contributed by atoms with van der Waals surface area (Å²) < 4.78 is 76.1. The zero-order valence-corrected chi connectivity index (χ0v) is 26.0. The van der Waals surface area contributed by atoms with E-state index in [1.165, 1.54) is 0 Å². The average molecular weight is 748 g/mol. The summed E-state index contributed by atoms with van der Waals surface area (Å²) in [6.45, 7) is 0. The third kappa shape index (κ3) is 190. The van der Waals surface area contributed by atoms with Crippen LogP contribution < -0.4 is 19.6 Å². The first-order chi connectivity index (χ1) is 15.4. The molecule has 34 heavy (non-hydrogen) atoms. The standard InChI is InChI=1S/4CH4O.2H4O7P2.4O.4V/c4*1-2;2*1-8(2,3)7-9(4,5)6;;;;;;;;/h4*2H,1H3;2*(H2,1,2,3)(H2,4,5,6);;;;;;;;/p-4. The van der Waals surface area contributed by atoms with Crippen molar-refractivity contribution >= 4 is 31.3 Å². The Bertz CT molecular complexity index is 421. The summed E-state index contributed by atoms with van der Waals surface area (Å²) in [6, 6.07) is 0. The summed E-state index contributed by atoms with van der Waals surface area (Å²) in [7, 11) is -17.5. The Hall–Kier alpha value is 1.90. The normalized spacial score (nSPS) is 14.0. The van der Waals surface area contributed by atoms with Gasteiger partial charge < -0.3 is 59.6 Å². The molecule has 4 atom stereocenters. The molecule has 30 heteroatoms. The van der Waals surface area contributed by atoms with Gasteiger partial charge in [0.1, 0.15) is 0 Å². The second kappa shape index (κ2) is 51.5. The number of aliphatic hydroxyl groups is 4. The van der Waals surface area contributed by atoms with Crippen molar-refractivity contribution in [2.24, 2.45) is 0 Å². The Morgan fingerprint density at radius 2 is 0.471 bits per heavy atom. The van der Waals surface area contributed by atoms with Crippen LogP contribution in [0.4, 0.5) is 0 Å². The SMILES string of the molecule is CO.CO.CO.CO.O=P([O-])(O)OP(=O)([O-])O.O=P([O-])(O)OP(=O)([O-])O.[O]=[V].[O]=[V].[O]=[V].[O]=[V]. The van der Waals surface area contributed by atoms with Crippen LogP contribution in [-0.2, 0) is 111 Å². The molecule has 0 aromatic heterocycles. The van der Waals surface area contributed by atoms with Gasteiger partial charge in [-0.3, -0.25) is 18.3 Å². The van der Waals surface area contributed by atoms with Crippen LogP contribution in [0.5, 0.6) is 0 Å². The third-order valence-electron chi connectivity index (χ3n) is 0.413. The summed E-state index contributed by atoms with van der Waals surface area (Å²) in [5.41, 5.74) is 0. The summed E-state index contributed by atoms with van der Waals surface area (Å²) in [5.74, 6) is 0. The van der Waals surface area contributed by atoms with Gasteiger partial charge in [-0.15, -0.1) is 0 Å². The molecule has 212 valence electrons. The Kier molecular flexibility index (Phi) is 98.8. The van der Waals surface area contributed by atoms with E-state index in [2.05, 4.69) is 8.62 Å². The van der Waals surface area contributed by atoms with Gasteiger partial charge in [-0.1, -0.05) is 0 Å². The van der Waals surface area contributed by atoms with Gasteiger partial charge in [0.05, 0.1) is 0 Å². The van der Waals surface area contributed by atoms with E-state index in [0.717, 1.165) is 97.9 Å². The molecule has 0 aliphatic carbocycles. The van der Waals surface area contributed by atoms with Crippen LogP contribution in [0.2, 0.25) is 0 Å². The maximum atomic E-state index is 9.48. The summed E-state index contributed by atoms with van der Waals surface area (Å²) in [4.78, 5) is 68.3. The summed E-state index contributed by atoms with van der Waals surface area (Å²) in [6.07, 6.45) is 0. The Morgan fingerprint density at radius 1 is 0.412 bits per heavy atom. The van der Waals surface area contributed by atoms with E-state index in [4.69, 9.17) is 54.7 Å². The van der Waals surface area contributed by atoms with Crippen LogP contribution in [-0.4, -0.2) is 68.4 Å². The van der Waals surface area contributed by atoms with Crippen LogP contribution >= 0.6 is 31.3 Å². The fourth-order valence-corrected chi connectivity index (χ4v) is 2.35. The van der Waals surface area contributed by atoms with Crippen LogP contribution in [0, 0.1) is 0 Å². The van der Waals surface area contributed by atoms with E-state index < -0.39 is 31.3 Å². The molecule has 0 saturated heterocycles. The number of hydrogen-bond donors (Lipinski definition) is 8. The number of rotatable bonds is 4. The number of aliphatic hydroxyl groups excluding tert-OH is 4. The van der Waals surface area contributed by atoms with Crippen LogP contribution in [0.3, 0.4) is 0 Å². The van der Waals surface area contributed by atoms with Gasteiger partial charge in [-0.2, -0.15) is 0 Å². The molecule has 0 aliphatic heterocycles. The van der Waals surface area contributed by atoms with Crippen LogP contribution in [0.25, 0.3) is 0 Å². The molecule has 0 bridgehead atoms. The molecule has 0 amide bonds. The Morgan fingerprint density at radius 3 is 0.471 bits per heavy atom. The predicted molar refractivity (Wildman–Crippen MR) is 76.8 cm³/mol. The first kappa shape index (κ1) is 65.2. The molecule has 22 nitrogen and oxygen atoms in total. The van der Waals surface area contributed by atoms with E-state index in [1.807, 2.05) is 0 Å². The topological polar surface area (TPSA) is 409 Å². The van der Waals surface area contributed by atoms with Crippen molar-refractivity contribution in [3.05, 3.63) is 0 Å². The molecule has 0 fully saturated rings. The van der Waals surface area contributed by atoms with Crippen LogP contribution in [0.15, 0.2) is 0 Å². The molecule has 0 aromatic carbocycles. The Labute approximate surface area is 229 Å². The van der Waals surface area contributed by atoms with Gasteiger partial charge in [-0.05, 0) is 0 Å². The minimum absolute atomic E-state index is 1.00. The molecule has 0 heterocycles. The Balaban J connectivity index is -0.0000000267. The van der Waals surface area contributed by atoms with Gasteiger partial charge in [-0.25, -0.2) is 8.62 Å². The molecular formula is C4H20O22P4V4-4. The fourth-order valence-electron chi connectivity index (χ4n) is 0.261. The van der Waals surface area contributed by atoms with E-state index >= 15 is 0 Å². The first-order valence-electron chi connectivity index (χ1n) is 5.51. The predicted octanol–water partition coefficient (Wildman–Crippen LogP) is -6.20. The molecule has 0 spiro atoms. The van der Waals surface area contributed by atoms with E-state index in [-0.39, 0.29) is 0 Å². The van der Waals surface area contributed by atoms with Gasteiger partial charge >= 0.3 is 84.2 Å². The van der Waals surface area contributed by atoms with E-state index in [0.29, 0.717) is 0 Å². The van der Waals surface area contributed by atoms with Crippen molar-refractivity contribution in [2.45, 2.75) is 0 Å². The molecule has 0 rings (SSSR count). The molecule has 0 radical (unpaired) electrons. The van der Waals surface area contributed by atoms with Gasteiger partial charge in [0.2, 0.25) is 0 Å². The zero-order valence-electron chi connectivity index (χ0n) is 16.9. The van der Waals surface area contributed by atoms with E-state index in [1.54, 1.807) is 0 Å². The second-order valence-electron chi connectivity index (χ2n) is 2.04. The van der Waals surface area contributed by atoms with Gasteiger partial charge in [0.15, 0.2) is 0 Å². The average Bonchev–Trinajstić information content (AvgIpc) is 2.75. The monoisotopic (exact) mass is 748 g/mol. The fraction of sp³-hybridized carbons (Fsp3) is 1.00. The molecule has 8 N–H and O–H groups in total. The molecule has 0 saturated carbocycles. The van der Waals surface area contributed by atoms with Crippen molar-refractivity contribution in [1.29, 1.82) is 0 Å². The van der Waals surface area contributed by atoms with Crippen molar-refractivity contribution < 1.29 is 171 Å². The maximum absolute atomic E-state index is 9.48. The molecule has 0 aromatic rings. The first-order valence-corrected chi connectivity index (χ1v) is 13.8. The zero-order chi connectivity index (χ0) is 31.4. The number of phosphoric acid groups is 4. The quantitative estimate of drug-likeness (QED) is 0.124. The van der Waals surface area contributed by atoms with Gasteiger partial charge in [0.25, 0.3) is 31.3 Å². The molecular weight excluding hydrogens is 728 g/mol. The van der Waals surface area contributed by atoms with Gasteiger partial charge in [0, 0.05) is 28.4 Å². The van der Waals surface area contributed by atoms with Crippen molar-refractivity contribution in [3.8, 4) is 0 Å². The number of hydrogen-bond acceptors (Lipinski definition) is 18. The summed E-state index contributed by atoms with van der Waals surface area (Å²) >= 11 is 4.25.